The van der Waals surface area contributed by atoms with Crippen LogP contribution in [0.3, 0.4) is 0 Å². The summed E-state index contributed by atoms with van der Waals surface area (Å²) in [6.45, 7) is 20.4. The number of thioether (sulfide) groups is 4. The van der Waals surface area contributed by atoms with E-state index in [0.29, 0.717) is 85.1 Å². The standard InChI is InChI=1S/2C19H16F4O2S.C13H26N2O3S.C11H11NS2.C11H14O2S.C8H3F5.2CH4/c2*1-2-13-14(20)16(22)18(17(23)15(13)21)25-10-6-7-11-26-19(24)12-8-4-3-5-9-12;1-12(2)13(16)14-8-6-9-15(3,4)10-7-11-19(5,17)18;1-11(2,8-12)14-10(13)9-6-4-3-5-7-9;12-8-4-5-9-14-11(13)10-6-2-1-3-7-10;1-2-3-4(9)6(11)8(13)7(12)5(3)10;;/h2*2-5,8-9H,1,6-7,10-11H2;1,6-11H2,2-5H3;3-7H,1-2H3;1-3,6-7,12H,4-5,8-9H2;2H,1H2;2*1H4/p+1. The quantitative estimate of drug-likeness (QED) is 0.00755. The first kappa shape index (κ1) is 106. The smallest absolute Gasteiger partial charge is 0.246 e. The van der Waals surface area contributed by atoms with E-state index in [1.54, 1.807) is 55.5 Å². The van der Waals surface area contributed by atoms with E-state index in [9.17, 15) is 84.7 Å². The molecule has 0 spiro atoms. The molecule has 0 atom stereocenters. The molecule has 7 rings (SSSR count). The number of quaternary nitrogens is 1. The first-order valence-electron chi connectivity index (χ1n) is 34.1. The Morgan fingerprint density at radius 3 is 1.11 bits per heavy atom. The number of carbonyl (C=O) groups excluding carboxylic acids is 4. The van der Waals surface area contributed by atoms with Crippen molar-refractivity contribution in [3.63, 3.8) is 0 Å². The summed E-state index contributed by atoms with van der Waals surface area (Å²) in [5.41, 5.74) is 0.694. The highest BCUT2D eigenvalue weighted by atomic mass is 32.2. The van der Waals surface area contributed by atoms with Crippen LogP contribution in [-0.2, 0) is 14.6 Å². The summed E-state index contributed by atoms with van der Waals surface area (Å²) >= 11 is 10.2. The Labute approximate surface area is 682 Å². The van der Waals surface area contributed by atoms with Gasteiger partial charge in [0.25, 0.3) is 0 Å². The lowest BCUT2D eigenvalue weighted by atomic mass is 10.1. The predicted molar refractivity (Wildman–Crippen MR) is 442 cm³/mol. The maximum atomic E-state index is 13.8. The average molecular weight is 1720 g/mol. The monoisotopic (exact) mass is 1720 g/mol. The van der Waals surface area contributed by atoms with Crippen LogP contribution in [0.25, 0.3) is 18.2 Å². The van der Waals surface area contributed by atoms with Crippen molar-refractivity contribution in [2.24, 2.45) is 0 Å². The molecule has 7 aromatic rings. The number of rotatable bonds is 33. The second kappa shape index (κ2) is 55.1. The Hall–Kier alpha value is -8.48. The van der Waals surface area contributed by atoms with Crippen LogP contribution in [0.2, 0.25) is 0 Å². The molecule has 0 aliphatic carbocycles. The minimum absolute atomic E-state index is 0. The van der Waals surface area contributed by atoms with Gasteiger partial charge in [-0.15, -0.1) is 0 Å². The zero-order valence-electron chi connectivity index (χ0n) is 62.3. The number of hydrogen-bond acceptors (Lipinski definition) is 15. The Kier molecular flexibility index (Phi) is 51.0. The van der Waals surface area contributed by atoms with E-state index in [0.717, 1.165) is 81.4 Å². The molecule has 31 heteroatoms. The molecule has 0 fully saturated rings. The second-order valence-corrected chi connectivity index (χ2v) is 32.5. The molecule has 0 aliphatic rings. The van der Waals surface area contributed by atoms with Crippen molar-refractivity contribution in [1.29, 1.82) is 5.26 Å². The molecule has 0 radical (unpaired) electrons. The molecule has 0 aromatic heterocycles. The summed E-state index contributed by atoms with van der Waals surface area (Å²) in [6.07, 6.45) is 8.20. The number of nitriles is 1. The number of nitrogens with zero attached hydrogens (tertiary/aromatic N) is 2. The minimum Gasteiger partial charge on any atom is -0.487 e. The van der Waals surface area contributed by atoms with E-state index < -0.39 is 118 Å². The summed E-state index contributed by atoms with van der Waals surface area (Å²) in [7, 11) is 1.28. The third-order valence-electron chi connectivity index (χ3n) is 14.7. The average Bonchev–Trinajstić information content (AvgIpc) is 0.787. The number of amides is 1. The van der Waals surface area contributed by atoms with Crippen molar-refractivity contribution in [2.75, 3.05) is 82.8 Å². The number of nitrogens with one attached hydrogen (secondary N) is 1. The fourth-order valence-corrected chi connectivity index (χ4v) is 13.4. The van der Waals surface area contributed by atoms with Gasteiger partial charge in [-0.3, -0.25) is 19.2 Å². The minimum atomic E-state index is -2.87. The molecule has 0 saturated carbocycles. The highest BCUT2D eigenvalue weighted by Gasteiger charge is 2.28. The molecule has 0 bridgehead atoms. The van der Waals surface area contributed by atoms with Gasteiger partial charge in [-0.1, -0.05) is 240 Å². The van der Waals surface area contributed by atoms with Crippen LogP contribution >= 0.6 is 59.3 Å². The predicted octanol–water partition coefficient (Wildman–Crippen LogP) is 21.8. The van der Waals surface area contributed by atoms with Crippen LogP contribution in [0, 0.1) is 87.0 Å². The van der Waals surface area contributed by atoms with E-state index in [-0.39, 0.29) is 61.7 Å². The summed E-state index contributed by atoms with van der Waals surface area (Å²) in [4.78, 5) is 46.5. The molecule has 0 aliphatic heterocycles. The Bertz CT molecular complexity index is 4210. The van der Waals surface area contributed by atoms with Crippen molar-refractivity contribution >= 4 is 113 Å². The zero-order valence-corrected chi connectivity index (χ0v) is 67.2. The topological polar surface area (TPSA) is 177 Å². The molecule has 12 nitrogen and oxygen atoms in total. The van der Waals surface area contributed by atoms with Gasteiger partial charge >= 0.3 is 0 Å². The van der Waals surface area contributed by atoms with E-state index in [1.807, 2.05) is 86.6 Å². The number of sulfone groups is 1. The molecule has 622 valence electrons. The molecule has 0 unspecified atom stereocenters. The van der Waals surface area contributed by atoms with Crippen LogP contribution in [0.4, 0.5) is 57.1 Å². The highest BCUT2D eigenvalue weighted by Crippen LogP contribution is 2.34. The van der Waals surface area contributed by atoms with Gasteiger partial charge in [-0.2, -0.15) is 22.8 Å². The molecular weight excluding hydrogens is 1620 g/mol. The van der Waals surface area contributed by atoms with Crippen LogP contribution in [0.5, 0.6) is 11.5 Å². The van der Waals surface area contributed by atoms with Crippen molar-refractivity contribution in [3.05, 3.63) is 268 Å². The molecule has 114 heavy (non-hydrogen) atoms. The lowest BCUT2D eigenvalue weighted by Gasteiger charge is -2.29. The maximum absolute atomic E-state index is 13.8. The van der Waals surface area contributed by atoms with Crippen LogP contribution in [0.1, 0.15) is 140 Å². The van der Waals surface area contributed by atoms with Gasteiger partial charge in [0, 0.05) is 71.8 Å². The van der Waals surface area contributed by atoms with Crippen LogP contribution in [-0.4, -0.2) is 131 Å². The van der Waals surface area contributed by atoms with Gasteiger partial charge < -0.3 is 24.4 Å². The Morgan fingerprint density at radius 2 is 0.807 bits per heavy atom. The van der Waals surface area contributed by atoms with E-state index in [4.69, 9.17) is 32.1 Å². The van der Waals surface area contributed by atoms with Crippen molar-refractivity contribution in [1.82, 2.24) is 5.32 Å². The van der Waals surface area contributed by atoms with E-state index in [1.165, 1.54) is 29.8 Å². The third kappa shape index (κ3) is 37.9. The second-order valence-electron chi connectivity index (χ2n) is 24.8. The van der Waals surface area contributed by atoms with Gasteiger partial charge in [0.1, 0.15) is 14.6 Å². The third-order valence-corrected chi connectivity index (χ3v) is 20.3. The van der Waals surface area contributed by atoms with Gasteiger partial charge in [0.2, 0.25) is 50.3 Å². The first-order valence-corrected chi connectivity index (χ1v) is 40.4. The Balaban J connectivity index is 0.00000137. The molecule has 7 aromatic carbocycles. The number of thiocarbonyl (C=S) groups is 1. The number of halogens is 13. The maximum Gasteiger partial charge on any atom is 0.246 e. The fourth-order valence-electron chi connectivity index (χ4n) is 8.72. The van der Waals surface area contributed by atoms with Gasteiger partial charge in [0.05, 0.1) is 73.1 Å². The summed E-state index contributed by atoms with van der Waals surface area (Å²) in [6, 6.07) is 38.8. The number of hydrogen-bond donors (Lipinski definition) is 2. The fraction of sp³-hybridized carbons (Fsp3) is 0.325. The van der Waals surface area contributed by atoms with Crippen LogP contribution in [0.15, 0.2) is 153 Å². The summed E-state index contributed by atoms with van der Waals surface area (Å²) in [5.74, 6) is -22.7. The van der Waals surface area contributed by atoms with Gasteiger partial charge in [-0.05, 0) is 64.9 Å². The molecule has 0 saturated heterocycles. The summed E-state index contributed by atoms with van der Waals surface area (Å²) in [5, 5.41) is 20.2. The molecule has 0 heterocycles. The summed E-state index contributed by atoms with van der Waals surface area (Å²) < 4.78 is 205. The van der Waals surface area contributed by atoms with Gasteiger partial charge in [0.15, 0.2) is 58.0 Å². The van der Waals surface area contributed by atoms with E-state index in [2.05, 4.69) is 51.8 Å². The van der Waals surface area contributed by atoms with Crippen molar-refractivity contribution < 1.29 is 104 Å². The van der Waals surface area contributed by atoms with Crippen molar-refractivity contribution in [2.45, 2.75) is 91.7 Å². The van der Waals surface area contributed by atoms with E-state index >= 15 is 0 Å². The largest absolute Gasteiger partial charge is 0.487 e. The number of carbonyl (C=O) groups is 4. The first-order chi connectivity index (χ1) is 52.9. The normalized spacial score (nSPS) is 10.6. The Morgan fingerprint density at radius 1 is 0.509 bits per heavy atom. The number of aliphatic hydroxyl groups is 1. The van der Waals surface area contributed by atoms with Crippen LogP contribution < -0.4 is 14.8 Å². The molecular formula is C83H95F13N3O9S6+. The lowest BCUT2D eigenvalue weighted by Crippen LogP contribution is -2.43. The molecule has 2 N–H and O–H groups in total. The number of ether oxygens (including phenoxy) is 2. The SMILES string of the molecule is C.C.C=C(C)C(=O)NCCC[N+](C)(C)CCCS(C)(=O)=O.C=Cc1c(F)c(F)c(F)c(F)c1F.C=Cc1c(F)c(F)c(OCCCCSC(=O)c2ccccc2)c(F)c1F.C=Cc1c(F)c(F)c(OCCCCSC(=O)c2ccccc2)c(F)c1F.CC(C)(C#N)SC(=S)c1ccccc1.O=C(SCCCCO)c1ccccc1. The number of benzene rings is 7. The highest BCUT2D eigenvalue weighted by molar-refractivity contribution is 8.24. The van der Waals surface area contributed by atoms with Crippen molar-refractivity contribution in [3.8, 4) is 17.6 Å². The number of unbranched alkanes of at least 4 members (excludes halogenated alkanes) is 3. The lowest BCUT2D eigenvalue weighted by molar-refractivity contribution is -0.890. The number of aliphatic hydroxyl groups excluding tert-OH is 1. The van der Waals surface area contributed by atoms with Gasteiger partial charge in [-0.25, -0.2) is 47.9 Å². The zero-order chi connectivity index (χ0) is 84.3. The molecule has 1 amide bonds.